The molecule has 2 aliphatic heterocycles. The van der Waals surface area contributed by atoms with Crippen LogP contribution in [0.3, 0.4) is 0 Å². The fourth-order valence-corrected chi connectivity index (χ4v) is 3.26. The molecule has 108 valence electrons. The first-order valence-corrected chi connectivity index (χ1v) is 7.07. The van der Waals surface area contributed by atoms with Crippen LogP contribution in [0.15, 0.2) is 6.07 Å². The van der Waals surface area contributed by atoms with Crippen LogP contribution in [0.25, 0.3) is 0 Å². The van der Waals surface area contributed by atoms with Gasteiger partial charge in [-0.05, 0) is 18.9 Å². The molecule has 1 amide bonds. The molecule has 20 heavy (non-hydrogen) atoms. The summed E-state index contributed by atoms with van der Waals surface area (Å²) in [5.41, 5.74) is 4.28. The Kier molecular flexibility index (Phi) is 2.93. The third-order valence-corrected chi connectivity index (χ3v) is 4.22. The summed E-state index contributed by atoms with van der Waals surface area (Å²) in [6.45, 7) is 5.92. The van der Waals surface area contributed by atoms with Crippen LogP contribution in [0.4, 0.5) is 5.82 Å². The summed E-state index contributed by atoms with van der Waals surface area (Å²) in [4.78, 5) is 14.8. The zero-order valence-electron chi connectivity index (χ0n) is 12.2. The summed E-state index contributed by atoms with van der Waals surface area (Å²) < 4.78 is 0. The molecule has 0 spiro atoms. The van der Waals surface area contributed by atoms with Crippen molar-refractivity contribution in [3.05, 3.63) is 17.3 Å². The van der Waals surface area contributed by atoms with Crippen molar-refractivity contribution >= 4 is 11.7 Å². The van der Waals surface area contributed by atoms with Crippen LogP contribution < -0.4 is 11.3 Å². The van der Waals surface area contributed by atoms with Gasteiger partial charge in [0, 0.05) is 23.4 Å². The number of hydrogen-bond donors (Lipinski definition) is 2. The standard InChI is InChI=1S/C14H21N5O/c1-14(2,3)13(20)19-8-4-5-11(19)9-7-12(16-15)18-17-10(9)6-8/h7-8,11H,4-6,15H2,1-3H3,(H,16,18). The second-order valence-electron chi connectivity index (χ2n) is 6.69. The second-order valence-corrected chi connectivity index (χ2v) is 6.69. The molecule has 3 rings (SSSR count). The fourth-order valence-electron chi connectivity index (χ4n) is 3.26. The van der Waals surface area contributed by atoms with Crippen molar-refractivity contribution in [2.24, 2.45) is 11.3 Å². The number of aromatic nitrogens is 2. The molecule has 6 nitrogen and oxygen atoms in total. The first-order chi connectivity index (χ1) is 9.41. The van der Waals surface area contributed by atoms with E-state index >= 15 is 0 Å². The van der Waals surface area contributed by atoms with Crippen LogP contribution in [-0.2, 0) is 11.2 Å². The number of anilines is 1. The minimum Gasteiger partial charge on any atom is -0.332 e. The van der Waals surface area contributed by atoms with E-state index in [1.54, 1.807) is 0 Å². The number of nitrogens with one attached hydrogen (secondary N) is 1. The molecule has 3 N–H and O–H groups in total. The lowest BCUT2D eigenvalue weighted by Crippen LogP contribution is -2.47. The van der Waals surface area contributed by atoms with Gasteiger partial charge in [-0.15, -0.1) is 5.10 Å². The third-order valence-electron chi connectivity index (χ3n) is 4.22. The molecule has 2 unspecified atom stereocenters. The van der Waals surface area contributed by atoms with Crippen molar-refractivity contribution in [1.29, 1.82) is 0 Å². The topological polar surface area (TPSA) is 84.1 Å². The van der Waals surface area contributed by atoms with Gasteiger partial charge in [-0.25, -0.2) is 5.84 Å². The summed E-state index contributed by atoms with van der Waals surface area (Å²) in [6.07, 6.45) is 2.83. The Morgan fingerprint density at radius 1 is 1.40 bits per heavy atom. The lowest BCUT2D eigenvalue weighted by molar-refractivity contribution is -0.143. The average Bonchev–Trinajstić information content (AvgIpc) is 2.72. The smallest absolute Gasteiger partial charge is 0.228 e. The third kappa shape index (κ3) is 1.95. The van der Waals surface area contributed by atoms with Crippen LogP contribution in [0.1, 0.15) is 50.9 Å². The van der Waals surface area contributed by atoms with Crippen molar-refractivity contribution < 1.29 is 4.79 Å². The highest BCUT2D eigenvalue weighted by Crippen LogP contribution is 2.45. The number of carbonyl (C=O) groups excluding carboxylic acids is 1. The number of carbonyl (C=O) groups is 1. The van der Waals surface area contributed by atoms with Crippen molar-refractivity contribution in [1.82, 2.24) is 15.1 Å². The lowest BCUT2D eigenvalue weighted by atomic mass is 9.90. The molecule has 0 aromatic carbocycles. The van der Waals surface area contributed by atoms with Crippen LogP contribution in [0.2, 0.25) is 0 Å². The highest BCUT2D eigenvalue weighted by Gasteiger charge is 2.45. The lowest BCUT2D eigenvalue weighted by Gasteiger charge is -2.39. The Hall–Kier alpha value is -1.69. The summed E-state index contributed by atoms with van der Waals surface area (Å²) in [5.74, 6) is 6.18. The van der Waals surface area contributed by atoms with E-state index in [0.29, 0.717) is 5.82 Å². The molecule has 1 aromatic heterocycles. The van der Waals surface area contributed by atoms with Gasteiger partial charge in [0.1, 0.15) is 0 Å². The zero-order chi connectivity index (χ0) is 14.5. The van der Waals surface area contributed by atoms with E-state index in [2.05, 4.69) is 20.5 Å². The van der Waals surface area contributed by atoms with Gasteiger partial charge in [0.05, 0.1) is 11.7 Å². The fraction of sp³-hybridized carbons (Fsp3) is 0.643. The molecule has 1 saturated heterocycles. The predicted octanol–water partition coefficient (Wildman–Crippen LogP) is 1.40. The van der Waals surface area contributed by atoms with E-state index in [1.807, 2.05) is 26.8 Å². The summed E-state index contributed by atoms with van der Waals surface area (Å²) >= 11 is 0. The van der Waals surface area contributed by atoms with E-state index in [-0.39, 0.29) is 23.4 Å². The average molecular weight is 275 g/mol. The molecule has 0 saturated carbocycles. The molecular weight excluding hydrogens is 254 g/mol. The SMILES string of the molecule is CC(C)(C)C(=O)N1C2CCC1c1cc(NN)nnc1C2. The van der Waals surface area contributed by atoms with Crippen molar-refractivity contribution in [2.75, 3.05) is 5.43 Å². The summed E-state index contributed by atoms with van der Waals surface area (Å²) in [6, 6.07) is 2.32. The number of nitrogens with two attached hydrogens (primary N) is 1. The van der Waals surface area contributed by atoms with E-state index < -0.39 is 0 Å². The van der Waals surface area contributed by atoms with Crippen LogP contribution >= 0.6 is 0 Å². The molecule has 0 radical (unpaired) electrons. The first kappa shape index (κ1) is 13.3. The van der Waals surface area contributed by atoms with Crippen molar-refractivity contribution in [2.45, 2.75) is 52.1 Å². The van der Waals surface area contributed by atoms with Gasteiger partial charge in [0.15, 0.2) is 5.82 Å². The molecule has 1 aromatic rings. The Labute approximate surface area is 118 Å². The second kappa shape index (κ2) is 4.41. The molecular formula is C14H21N5O. The molecule has 3 heterocycles. The van der Waals surface area contributed by atoms with Gasteiger partial charge in [0.25, 0.3) is 0 Å². The number of hydrogen-bond acceptors (Lipinski definition) is 5. The number of hydrazine groups is 1. The van der Waals surface area contributed by atoms with Crippen LogP contribution in [-0.4, -0.2) is 27.0 Å². The molecule has 1 fully saturated rings. The van der Waals surface area contributed by atoms with E-state index in [9.17, 15) is 4.79 Å². The Balaban J connectivity index is 2.00. The number of fused-ring (bicyclic) bond motifs is 4. The molecule has 2 aliphatic rings. The molecule has 0 aliphatic carbocycles. The Morgan fingerprint density at radius 3 is 2.80 bits per heavy atom. The van der Waals surface area contributed by atoms with Gasteiger partial charge >= 0.3 is 0 Å². The van der Waals surface area contributed by atoms with Gasteiger partial charge in [-0.3, -0.25) is 4.79 Å². The van der Waals surface area contributed by atoms with Crippen molar-refractivity contribution in [3.63, 3.8) is 0 Å². The monoisotopic (exact) mass is 275 g/mol. The van der Waals surface area contributed by atoms with Crippen LogP contribution in [0, 0.1) is 5.41 Å². The first-order valence-electron chi connectivity index (χ1n) is 7.07. The Bertz CT molecular complexity index is 551. The maximum Gasteiger partial charge on any atom is 0.228 e. The van der Waals surface area contributed by atoms with Gasteiger partial charge in [-0.1, -0.05) is 20.8 Å². The van der Waals surface area contributed by atoms with E-state index in [4.69, 9.17) is 5.84 Å². The Morgan fingerprint density at radius 2 is 2.15 bits per heavy atom. The zero-order valence-corrected chi connectivity index (χ0v) is 12.2. The number of nitrogen functional groups attached to an aromatic ring is 1. The van der Waals surface area contributed by atoms with E-state index in [0.717, 1.165) is 30.5 Å². The number of nitrogens with zero attached hydrogens (tertiary/aromatic N) is 3. The maximum atomic E-state index is 12.7. The molecule has 6 heteroatoms. The minimum absolute atomic E-state index is 0.123. The largest absolute Gasteiger partial charge is 0.332 e. The van der Waals surface area contributed by atoms with Crippen LogP contribution in [0.5, 0.6) is 0 Å². The highest BCUT2D eigenvalue weighted by atomic mass is 16.2. The quantitative estimate of drug-likeness (QED) is 0.598. The predicted molar refractivity (Wildman–Crippen MR) is 75.6 cm³/mol. The van der Waals surface area contributed by atoms with Crippen molar-refractivity contribution in [3.8, 4) is 0 Å². The van der Waals surface area contributed by atoms with Gasteiger partial charge < -0.3 is 10.3 Å². The highest BCUT2D eigenvalue weighted by molar-refractivity contribution is 5.83. The molecule has 2 bridgehead atoms. The minimum atomic E-state index is -0.353. The number of rotatable bonds is 1. The summed E-state index contributed by atoms with van der Waals surface area (Å²) in [5, 5.41) is 8.29. The molecule has 2 atom stereocenters. The van der Waals surface area contributed by atoms with E-state index in [1.165, 1.54) is 0 Å². The summed E-state index contributed by atoms with van der Waals surface area (Å²) in [7, 11) is 0. The normalized spacial score (nSPS) is 24.5. The van der Waals surface area contributed by atoms with Gasteiger partial charge in [-0.2, -0.15) is 5.10 Å². The number of amides is 1. The van der Waals surface area contributed by atoms with Gasteiger partial charge in [0.2, 0.25) is 5.91 Å². The maximum absolute atomic E-state index is 12.7.